The number of benzene rings is 1. The molecule has 0 spiro atoms. The predicted octanol–water partition coefficient (Wildman–Crippen LogP) is 7.38. The third kappa shape index (κ3) is 5.88. The van der Waals surface area contributed by atoms with Crippen LogP contribution in [0.3, 0.4) is 0 Å². The molecule has 0 bridgehead atoms. The smallest absolute Gasteiger partial charge is 0.223 e. The van der Waals surface area contributed by atoms with Crippen LogP contribution in [0.25, 0.3) is 11.6 Å². The maximum atomic E-state index is 12.9. The number of hydrogen-bond acceptors (Lipinski definition) is 3. The van der Waals surface area contributed by atoms with Crippen molar-refractivity contribution in [1.29, 1.82) is 0 Å². The van der Waals surface area contributed by atoms with E-state index in [2.05, 4.69) is 72.5 Å². The number of rotatable bonds is 6. The average molecular weight is 531 g/mol. The lowest BCUT2D eigenvalue weighted by molar-refractivity contribution is -0.134. The molecule has 1 aliphatic carbocycles. The van der Waals surface area contributed by atoms with Crippen molar-refractivity contribution in [3.8, 4) is 0 Å². The van der Waals surface area contributed by atoms with Crippen molar-refractivity contribution in [2.24, 2.45) is 11.3 Å². The number of piperidine rings is 1. The summed E-state index contributed by atoms with van der Waals surface area (Å²) < 4.78 is 2.21. The van der Waals surface area contributed by atoms with E-state index in [0.717, 1.165) is 56.0 Å². The Labute approximate surface area is 231 Å². The van der Waals surface area contributed by atoms with Crippen LogP contribution in [0, 0.1) is 18.3 Å². The molecule has 200 valence electrons. The summed E-state index contributed by atoms with van der Waals surface area (Å²) in [6.45, 7) is 11.1. The maximum absolute atomic E-state index is 12.9. The maximum Gasteiger partial charge on any atom is 0.223 e. The monoisotopic (exact) mass is 530 g/mol. The van der Waals surface area contributed by atoms with Gasteiger partial charge in [-0.1, -0.05) is 50.6 Å². The van der Waals surface area contributed by atoms with Crippen LogP contribution in [0.2, 0.25) is 5.02 Å². The van der Waals surface area contributed by atoms with Gasteiger partial charge in [0.2, 0.25) is 5.91 Å². The van der Waals surface area contributed by atoms with Gasteiger partial charge in [-0.2, -0.15) is 0 Å². The largest absolute Gasteiger partial charge is 0.343 e. The molecule has 1 atom stereocenters. The van der Waals surface area contributed by atoms with E-state index in [-0.39, 0.29) is 17.2 Å². The Hall–Kier alpha value is -2.92. The number of aromatic nitrogens is 3. The Bertz CT molecular complexity index is 1330. The Kier molecular flexibility index (Phi) is 7.76. The highest BCUT2D eigenvalue weighted by atomic mass is 35.5. The summed E-state index contributed by atoms with van der Waals surface area (Å²) in [7, 11) is 0. The standard InChI is InChI=1S/C32H39ClN4O/c1-22-20-34-21-37(22)14-6-7-24-17-25-18-26(33)9-10-27(25)30(31-28(24)8-5-13-35-31)23-11-15-36(16-12-23)29(38)19-32(2,3)4/h5,8-10,13,17-18,20-21,23,30H,6-7,11-12,14-16,19H2,1-4H3. The Balaban J connectivity index is 1.42. The van der Waals surface area contributed by atoms with Crippen molar-refractivity contribution in [3.05, 3.63) is 82.2 Å². The third-order valence-corrected chi connectivity index (χ3v) is 8.24. The van der Waals surface area contributed by atoms with Gasteiger partial charge in [-0.25, -0.2) is 4.98 Å². The summed E-state index contributed by atoms with van der Waals surface area (Å²) in [6, 6.07) is 10.6. The molecule has 38 heavy (non-hydrogen) atoms. The average Bonchev–Trinajstić information content (AvgIpc) is 3.23. The molecule has 5 rings (SSSR count). The quantitative estimate of drug-likeness (QED) is 0.334. The molecule has 1 aliphatic heterocycles. The number of carbonyl (C=O) groups is 1. The van der Waals surface area contributed by atoms with E-state index >= 15 is 0 Å². The van der Waals surface area contributed by atoms with Gasteiger partial charge >= 0.3 is 0 Å². The number of amides is 1. The Morgan fingerprint density at radius 2 is 1.95 bits per heavy atom. The molecule has 1 aromatic carbocycles. The van der Waals surface area contributed by atoms with Crippen LogP contribution in [0.4, 0.5) is 0 Å². The van der Waals surface area contributed by atoms with Gasteiger partial charge in [-0.15, -0.1) is 0 Å². The SMILES string of the molecule is Cc1cncn1CCCC1=Cc2cc(Cl)ccc2C(C2CCN(C(=O)CC(C)(C)C)CC2)c2ncccc21. The first-order chi connectivity index (χ1) is 18.2. The molecule has 1 saturated heterocycles. The van der Waals surface area contributed by atoms with Crippen molar-refractivity contribution in [2.45, 2.75) is 72.3 Å². The van der Waals surface area contributed by atoms with E-state index in [4.69, 9.17) is 16.6 Å². The number of allylic oxidation sites excluding steroid dienone is 1. The normalized spacial score (nSPS) is 18.0. The second kappa shape index (κ2) is 11.1. The molecular formula is C32H39ClN4O. The zero-order chi connectivity index (χ0) is 26.9. The first-order valence-corrected chi connectivity index (χ1v) is 14.3. The van der Waals surface area contributed by atoms with Crippen LogP contribution in [-0.2, 0) is 11.3 Å². The Morgan fingerprint density at radius 1 is 1.16 bits per heavy atom. The molecule has 2 aromatic heterocycles. The number of imidazole rings is 1. The van der Waals surface area contributed by atoms with Gasteiger partial charge < -0.3 is 9.47 Å². The second-order valence-electron chi connectivity index (χ2n) is 12.1. The molecule has 1 unspecified atom stereocenters. The van der Waals surface area contributed by atoms with Gasteiger partial charge in [0, 0.05) is 55.1 Å². The van der Waals surface area contributed by atoms with Gasteiger partial charge in [0.15, 0.2) is 0 Å². The van der Waals surface area contributed by atoms with Gasteiger partial charge in [0.1, 0.15) is 0 Å². The number of carbonyl (C=O) groups excluding carboxylic acids is 1. The van der Waals surface area contributed by atoms with E-state index in [1.54, 1.807) is 0 Å². The number of likely N-dealkylation sites (tertiary alicyclic amines) is 1. The van der Waals surface area contributed by atoms with Crippen LogP contribution in [0.15, 0.2) is 49.1 Å². The summed E-state index contributed by atoms with van der Waals surface area (Å²) in [6.07, 6.45) is 12.6. The first kappa shape index (κ1) is 26.7. The predicted molar refractivity (Wildman–Crippen MR) is 155 cm³/mol. The van der Waals surface area contributed by atoms with Crippen LogP contribution >= 0.6 is 11.6 Å². The molecule has 0 saturated carbocycles. The van der Waals surface area contributed by atoms with Crippen LogP contribution in [-0.4, -0.2) is 38.4 Å². The van der Waals surface area contributed by atoms with Crippen molar-refractivity contribution in [2.75, 3.05) is 13.1 Å². The number of aryl methyl sites for hydroxylation is 2. The molecule has 0 N–H and O–H groups in total. The second-order valence-corrected chi connectivity index (χ2v) is 12.6. The fourth-order valence-corrected chi connectivity index (χ4v) is 6.28. The minimum absolute atomic E-state index is 0.00885. The van der Waals surface area contributed by atoms with Gasteiger partial charge in [0.05, 0.1) is 12.0 Å². The number of pyridine rings is 1. The highest BCUT2D eigenvalue weighted by molar-refractivity contribution is 6.30. The summed E-state index contributed by atoms with van der Waals surface area (Å²) >= 11 is 6.52. The van der Waals surface area contributed by atoms with Crippen molar-refractivity contribution in [3.63, 3.8) is 0 Å². The molecule has 6 heteroatoms. The number of fused-ring (bicyclic) bond motifs is 2. The molecule has 0 radical (unpaired) electrons. The molecule has 1 amide bonds. The summed E-state index contributed by atoms with van der Waals surface area (Å²) in [5, 5.41) is 0.758. The lowest BCUT2D eigenvalue weighted by Gasteiger charge is -2.37. The van der Waals surface area contributed by atoms with Gasteiger partial charge in [-0.05, 0) is 84.4 Å². The van der Waals surface area contributed by atoms with Gasteiger partial charge in [0.25, 0.3) is 0 Å². The van der Waals surface area contributed by atoms with Crippen LogP contribution < -0.4 is 0 Å². The summed E-state index contributed by atoms with van der Waals surface area (Å²) in [5.41, 5.74) is 7.42. The van der Waals surface area contributed by atoms with E-state index in [0.29, 0.717) is 12.3 Å². The minimum Gasteiger partial charge on any atom is -0.343 e. The Morgan fingerprint density at radius 3 is 2.66 bits per heavy atom. The highest BCUT2D eigenvalue weighted by Gasteiger charge is 2.35. The molecule has 3 heterocycles. The molecule has 1 fully saturated rings. The molecule has 5 nitrogen and oxygen atoms in total. The zero-order valence-electron chi connectivity index (χ0n) is 23.1. The fourth-order valence-electron chi connectivity index (χ4n) is 6.10. The van der Waals surface area contributed by atoms with Crippen molar-refractivity contribution < 1.29 is 4.79 Å². The summed E-state index contributed by atoms with van der Waals surface area (Å²) in [4.78, 5) is 24.3. The number of halogens is 1. The molecule has 3 aromatic rings. The van der Waals surface area contributed by atoms with Crippen molar-refractivity contribution >= 4 is 29.2 Å². The van der Waals surface area contributed by atoms with Crippen LogP contribution in [0.5, 0.6) is 0 Å². The van der Waals surface area contributed by atoms with Gasteiger partial charge in [-0.3, -0.25) is 9.78 Å². The van der Waals surface area contributed by atoms with E-state index in [1.165, 1.54) is 28.0 Å². The lowest BCUT2D eigenvalue weighted by Crippen LogP contribution is -2.41. The van der Waals surface area contributed by atoms with Crippen LogP contribution in [0.1, 0.15) is 86.9 Å². The fraction of sp³-hybridized carbons (Fsp3) is 0.469. The topological polar surface area (TPSA) is 51.0 Å². The number of nitrogens with zero attached hydrogens (tertiary/aromatic N) is 4. The van der Waals surface area contributed by atoms with E-state index in [1.807, 2.05) is 24.8 Å². The molecular weight excluding hydrogens is 492 g/mol. The highest BCUT2D eigenvalue weighted by Crippen LogP contribution is 2.45. The van der Waals surface area contributed by atoms with E-state index < -0.39 is 0 Å². The molecule has 2 aliphatic rings. The third-order valence-electron chi connectivity index (χ3n) is 8.00. The summed E-state index contributed by atoms with van der Waals surface area (Å²) in [5.74, 6) is 0.881. The van der Waals surface area contributed by atoms with E-state index in [9.17, 15) is 4.79 Å². The first-order valence-electron chi connectivity index (χ1n) is 13.9. The number of hydrogen-bond donors (Lipinski definition) is 0. The van der Waals surface area contributed by atoms with Crippen molar-refractivity contribution in [1.82, 2.24) is 19.4 Å². The lowest BCUT2D eigenvalue weighted by atomic mass is 9.76. The minimum atomic E-state index is 0.00885. The zero-order valence-corrected chi connectivity index (χ0v) is 23.8.